The molecule has 0 aliphatic heterocycles. The maximum absolute atomic E-state index is 12.5. The highest BCUT2D eigenvalue weighted by Crippen LogP contribution is 2.28. The summed E-state index contributed by atoms with van der Waals surface area (Å²) in [6, 6.07) is 13.3. The van der Waals surface area contributed by atoms with Gasteiger partial charge in [-0.1, -0.05) is 34.8 Å². The number of ether oxygens (including phenoxy) is 2. The number of nitrogens with zero attached hydrogens (tertiary/aromatic N) is 1. The van der Waals surface area contributed by atoms with Crippen LogP contribution in [-0.2, 0) is 19.6 Å². The van der Waals surface area contributed by atoms with Gasteiger partial charge in [0.2, 0.25) is 0 Å². The Balaban J connectivity index is 2.33. The third-order valence-electron chi connectivity index (χ3n) is 3.83. The number of carbonyl (C=O) groups excluding carboxylic acids is 1. The van der Waals surface area contributed by atoms with Crippen molar-refractivity contribution in [2.75, 3.05) is 21.3 Å². The largest absolute Gasteiger partial charge is 0.495 e. The molecule has 0 aliphatic carbocycles. The molecule has 0 N–H and O–H groups in total. The van der Waals surface area contributed by atoms with Crippen LogP contribution >= 0.6 is 0 Å². The molecule has 26 heavy (non-hydrogen) atoms. The van der Waals surface area contributed by atoms with Crippen molar-refractivity contribution in [3.63, 3.8) is 0 Å². The predicted molar refractivity (Wildman–Crippen MR) is 95.2 cm³/mol. The molecule has 0 aromatic heterocycles. The van der Waals surface area contributed by atoms with E-state index in [4.69, 9.17) is 14.3 Å². The van der Waals surface area contributed by atoms with Gasteiger partial charge in [-0.15, -0.1) is 0 Å². The van der Waals surface area contributed by atoms with E-state index in [9.17, 15) is 13.2 Å². The van der Waals surface area contributed by atoms with Crippen molar-refractivity contribution in [3.05, 3.63) is 59.7 Å². The van der Waals surface area contributed by atoms with Gasteiger partial charge in [-0.05, 0) is 30.7 Å². The minimum atomic E-state index is -3.99. The molecule has 0 unspecified atom stereocenters. The van der Waals surface area contributed by atoms with Gasteiger partial charge in [-0.3, -0.25) is 4.84 Å². The highest BCUT2D eigenvalue weighted by molar-refractivity contribution is 7.89. The van der Waals surface area contributed by atoms with Crippen LogP contribution in [0.15, 0.2) is 53.4 Å². The molecule has 8 heteroatoms. The van der Waals surface area contributed by atoms with Gasteiger partial charge in [0.1, 0.15) is 16.7 Å². The van der Waals surface area contributed by atoms with Crippen LogP contribution < -0.4 is 4.74 Å². The lowest BCUT2D eigenvalue weighted by molar-refractivity contribution is -0.0259. The molecule has 140 valence electrons. The normalized spacial score (nSPS) is 12.7. The lowest BCUT2D eigenvalue weighted by Crippen LogP contribution is -2.26. The first-order valence-corrected chi connectivity index (χ1v) is 9.22. The van der Waals surface area contributed by atoms with Crippen molar-refractivity contribution in [1.29, 1.82) is 0 Å². The Morgan fingerprint density at radius 1 is 1.08 bits per heavy atom. The average molecular weight is 379 g/mol. The van der Waals surface area contributed by atoms with Crippen molar-refractivity contribution in [2.45, 2.75) is 17.9 Å². The monoisotopic (exact) mass is 379 g/mol. The molecule has 0 saturated heterocycles. The van der Waals surface area contributed by atoms with Crippen molar-refractivity contribution in [2.24, 2.45) is 0 Å². The molecule has 0 radical (unpaired) electrons. The van der Waals surface area contributed by atoms with E-state index >= 15 is 0 Å². The maximum Gasteiger partial charge on any atom is 0.338 e. The summed E-state index contributed by atoms with van der Waals surface area (Å²) in [4.78, 5) is 17.0. The van der Waals surface area contributed by atoms with Crippen LogP contribution in [0.25, 0.3) is 0 Å². The quantitative estimate of drug-likeness (QED) is 0.543. The van der Waals surface area contributed by atoms with Gasteiger partial charge >= 0.3 is 5.97 Å². The third kappa shape index (κ3) is 4.21. The molecule has 2 rings (SSSR count). The highest BCUT2D eigenvalue weighted by Gasteiger charge is 2.27. The number of esters is 1. The van der Waals surface area contributed by atoms with Crippen molar-refractivity contribution in [3.8, 4) is 5.75 Å². The second-order valence-corrected chi connectivity index (χ2v) is 7.33. The molecule has 0 spiro atoms. The second kappa shape index (κ2) is 8.31. The van der Waals surface area contributed by atoms with Crippen molar-refractivity contribution in [1.82, 2.24) is 4.47 Å². The van der Waals surface area contributed by atoms with Crippen LogP contribution in [0.3, 0.4) is 0 Å². The molecule has 2 aromatic rings. The third-order valence-corrected chi connectivity index (χ3v) is 5.53. The van der Waals surface area contributed by atoms with E-state index in [0.29, 0.717) is 4.47 Å². The fourth-order valence-corrected chi connectivity index (χ4v) is 3.42. The van der Waals surface area contributed by atoms with E-state index in [-0.39, 0.29) is 16.2 Å². The Labute approximate surface area is 153 Å². The summed E-state index contributed by atoms with van der Waals surface area (Å²) < 4.78 is 36.3. The molecule has 0 bridgehead atoms. The molecule has 0 saturated carbocycles. The lowest BCUT2D eigenvalue weighted by Gasteiger charge is -2.18. The van der Waals surface area contributed by atoms with Crippen LogP contribution in [0.2, 0.25) is 0 Å². The van der Waals surface area contributed by atoms with Crippen LogP contribution in [0.4, 0.5) is 0 Å². The summed E-state index contributed by atoms with van der Waals surface area (Å²) in [5.74, 6) is -0.540. The molecule has 0 fully saturated rings. The van der Waals surface area contributed by atoms with Crippen molar-refractivity contribution < 1.29 is 27.5 Å². The van der Waals surface area contributed by atoms with E-state index in [1.165, 1.54) is 39.5 Å². The van der Waals surface area contributed by atoms with Crippen LogP contribution in [0.1, 0.15) is 28.9 Å². The molecular weight excluding hydrogens is 358 g/mol. The number of hydrogen-bond donors (Lipinski definition) is 0. The minimum Gasteiger partial charge on any atom is -0.495 e. The number of hydrogen-bond acceptors (Lipinski definition) is 6. The van der Waals surface area contributed by atoms with Gasteiger partial charge in [-0.2, -0.15) is 0 Å². The van der Waals surface area contributed by atoms with Gasteiger partial charge in [0.15, 0.2) is 0 Å². The Hall–Kier alpha value is -2.42. The van der Waals surface area contributed by atoms with E-state index in [0.717, 1.165) is 5.56 Å². The number of carbonyl (C=O) groups is 1. The van der Waals surface area contributed by atoms with Gasteiger partial charge in [0.25, 0.3) is 10.0 Å². The molecule has 0 aliphatic rings. The SMILES string of the molecule is COc1ccc(C(=O)O[C@@H](C)c2ccccc2)cc1S(=O)(=O)N(C)OC. The summed E-state index contributed by atoms with van der Waals surface area (Å²) in [7, 11) is -0.173. The zero-order valence-corrected chi connectivity index (χ0v) is 15.8. The first kappa shape index (κ1) is 19.9. The molecule has 1 atom stereocenters. The zero-order valence-electron chi connectivity index (χ0n) is 15.0. The van der Waals surface area contributed by atoms with Gasteiger partial charge in [-0.25, -0.2) is 13.2 Å². The fraction of sp³-hybridized carbons (Fsp3) is 0.278. The number of methoxy groups -OCH3 is 1. The van der Waals surface area contributed by atoms with E-state index in [1.54, 1.807) is 6.92 Å². The summed E-state index contributed by atoms with van der Waals surface area (Å²) >= 11 is 0. The maximum atomic E-state index is 12.5. The predicted octanol–water partition coefficient (Wildman–Crippen LogP) is 2.80. The fourth-order valence-electron chi connectivity index (χ4n) is 2.26. The Bertz CT molecular complexity index is 867. The van der Waals surface area contributed by atoms with E-state index < -0.39 is 22.1 Å². The minimum absolute atomic E-state index is 0.0941. The Kier molecular flexibility index (Phi) is 6.36. The molecule has 2 aromatic carbocycles. The smallest absolute Gasteiger partial charge is 0.338 e. The van der Waals surface area contributed by atoms with Crippen LogP contribution in [0, 0.1) is 0 Å². The van der Waals surface area contributed by atoms with E-state index in [2.05, 4.69) is 0 Å². The summed E-state index contributed by atoms with van der Waals surface area (Å²) in [6.45, 7) is 1.74. The molecule has 0 heterocycles. The van der Waals surface area contributed by atoms with Gasteiger partial charge in [0.05, 0.1) is 19.8 Å². The molecular formula is C18H21NO6S. The standard InChI is InChI=1S/C18H21NO6S/c1-13(14-8-6-5-7-9-14)25-18(20)15-10-11-16(23-3)17(12-15)26(21,22)19(2)24-4/h5-13H,1-4H3/t13-/m0/s1. The summed E-state index contributed by atoms with van der Waals surface area (Å²) in [5, 5.41) is 0. The number of sulfonamides is 1. The van der Waals surface area contributed by atoms with E-state index in [1.807, 2.05) is 30.3 Å². The summed E-state index contributed by atoms with van der Waals surface area (Å²) in [6.07, 6.45) is -0.479. The first-order chi connectivity index (χ1) is 12.3. The molecule has 0 amide bonds. The molecule has 7 nitrogen and oxygen atoms in total. The number of rotatable bonds is 7. The Morgan fingerprint density at radius 3 is 2.31 bits per heavy atom. The number of hydroxylamine groups is 1. The van der Waals surface area contributed by atoms with Gasteiger partial charge in [0, 0.05) is 7.05 Å². The zero-order chi connectivity index (χ0) is 19.3. The van der Waals surface area contributed by atoms with Gasteiger partial charge < -0.3 is 9.47 Å². The first-order valence-electron chi connectivity index (χ1n) is 7.78. The van der Waals surface area contributed by atoms with Crippen LogP contribution in [-0.4, -0.2) is 40.1 Å². The highest BCUT2D eigenvalue weighted by atomic mass is 32.2. The average Bonchev–Trinajstić information content (AvgIpc) is 2.67. The van der Waals surface area contributed by atoms with Crippen LogP contribution in [0.5, 0.6) is 5.75 Å². The lowest BCUT2D eigenvalue weighted by atomic mass is 10.1. The number of benzene rings is 2. The topological polar surface area (TPSA) is 82.1 Å². The summed E-state index contributed by atoms with van der Waals surface area (Å²) in [5.41, 5.74) is 0.929. The Morgan fingerprint density at radius 2 is 1.73 bits per heavy atom. The second-order valence-electron chi connectivity index (χ2n) is 5.42. The van der Waals surface area contributed by atoms with Crippen molar-refractivity contribution >= 4 is 16.0 Å².